The van der Waals surface area contributed by atoms with Gasteiger partial charge < -0.3 is 9.64 Å². The summed E-state index contributed by atoms with van der Waals surface area (Å²) >= 11 is 0. The molecule has 3 rings (SSSR count). The number of hydrogen-bond donors (Lipinski definition) is 0. The molecule has 132 valence electrons. The van der Waals surface area contributed by atoms with Crippen LogP contribution >= 0.6 is 0 Å². The molecule has 1 saturated heterocycles. The van der Waals surface area contributed by atoms with Crippen molar-refractivity contribution in [1.29, 1.82) is 0 Å². The molecule has 0 bridgehead atoms. The maximum absolute atomic E-state index is 12.5. The van der Waals surface area contributed by atoms with Crippen molar-refractivity contribution < 1.29 is 9.53 Å². The van der Waals surface area contributed by atoms with Crippen LogP contribution in [0.4, 0.5) is 0 Å². The smallest absolute Gasteiger partial charge is 0.266 e. The maximum atomic E-state index is 12.5. The van der Waals surface area contributed by atoms with Gasteiger partial charge in [0.05, 0.1) is 12.2 Å². The van der Waals surface area contributed by atoms with Gasteiger partial charge in [-0.15, -0.1) is 0 Å². The van der Waals surface area contributed by atoms with Gasteiger partial charge in [-0.3, -0.25) is 9.59 Å². The highest BCUT2D eigenvalue weighted by molar-refractivity contribution is 5.81. The van der Waals surface area contributed by atoms with E-state index in [1.807, 2.05) is 38.1 Å². The van der Waals surface area contributed by atoms with Crippen LogP contribution in [0.1, 0.15) is 18.2 Å². The summed E-state index contributed by atoms with van der Waals surface area (Å²) in [6.45, 7) is 7.41. The number of amides is 1. The molecule has 6 nitrogen and oxygen atoms in total. The van der Waals surface area contributed by atoms with Crippen molar-refractivity contribution >= 4 is 5.91 Å². The van der Waals surface area contributed by atoms with Crippen LogP contribution in [0.15, 0.2) is 41.2 Å². The van der Waals surface area contributed by atoms with Crippen molar-refractivity contribution in [2.24, 2.45) is 5.92 Å². The highest BCUT2D eigenvalue weighted by Gasteiger charge is 2.34. The lowest BCUT2D eigenvalue weighted by molar-refractivity contribution is -0.144. The van der Waals surface area contributed by atoms with Crippen LogP contribution in [0.5, 0.6) is 5.75 Å². The fraction of sp³-hybridized carbons (Fsp3) is 0.421. The number of likely N-dealkylation sites (tertiary alicyclic amines) is 1. The third-order valence-electron chi connectivity index (χ3n) is 4.35. The summed E-state index contributed by atoms with van der Waals surface area (Å²) in [7, 11) is 0. The molecule has 1 amide bonds. The Labute approximate surface area is 147 Å². The number of carbonyl (C=O) groups is 1. The van der Waals surface area contributed by atoms with Crippen LogP contribution in [0.3, 0.4) is 0 Å². The van der Waals surface area contributed by atoms with E-state index in [1.165, 1.54) is 10.7 Å². The number of carbonyl (C=O) groups excluding carboxylic acids is 1. The zero-order valence-corrected chi connectivity index (χ0v) is 14.8. The minimum absolute atomic E-state index is 0.0256. The molecule has 2 heterocycles. The second-order valence-electron chi connectivity index (χ2n) is 6.68. The predicted octanol–water partition coefficient (Wildman–Crippen LogP) is 1.79. The van der Waals surface area contributed by atoms with E-state index in [4.69, 9.17) is 4.74 Å². The lowest BCUT2D eigenvalue weighted by Gasteiger charge is -2.40. The molecule has 1 unspecified atom stereocenters. The van der Waals surface area contributed by atoms with Gasteiger partial charge in [0.25, 0.3) is 11.5 Å². The summed E-state index contributed by atoms with van der Waals surface area (Å²) in [4.78, 5) is 26.0. The van der Waals surface area contributed by atoms with E-state index in [9.17, 15) is 9.59 Å². The molecular formula is C19H23N3O3. The highest BCUT2D eigenvalue weighted by atomic mass is 16.5. The Morgan fingerprint density at radius 2 is 2.04 bits per heavy atom. The van der Waals surface area contributed by atoms with Crippen molar-refractivity contribution in [3.63, 3.8) is 0 Å². The van der Waals surface area contributed by atoms with Crippen molar-refractivity contribution in [1.82, 2.24) is 14.7 Å². The molecule has 0 spiro atoms. The Balaban J connectivity index is 1.52. The quantitative estimate of drug-likeness (QED) is 0.832. The highest BCUT2D eigenvalue weighted by Crippen LogP contribution is 2.20. The molecule has 1 aliphatic rings. The van der Waals surface area contributed by atoms with Gasteiger partial charge in [-0.05, 0) is 44.5 Å². The normalized spacial score (nSPS) is 15.6. The maximum Gasteiger partial charge on any atom is 0.266 e. The van der Waals surface area contributed by atoms with Crippen molar-refractivity contribution in [2.75, 3.05) is 13.1 Å². The summed E-state index contributed by atoms with van der Waals surface area (Å²) in [5.41, 5.74) is 1.80. The first-order valence-electron chi connectivity index (χ1n) is 8.49. The molecular weight excluding hydrogens is 318 g/mol. The average Bonchev–Trinajstić information content (AvgIpc) is 2.53. The number of nitrogens with zero attached hydrogens (tertiary/aromatic N) is 3. The monoisotopic (exact) mass is 341 g/mol. The zero-order valence-electron chi connectivity index (χ0n) is 14.8. The molecule has 25 heavy (non-hydrogen) atoms. The van der Waals surface area contributed by atoms with Gasteiger partial charge in [-0.2, -0.15) is 5.10 Å². The van der Waals surface area contributed by atoms with Gasteiger partial charge in [-0.1, -0.05) is 12.1 Å². The van der Waals surface area contributed by atoms with Crippen LogP contribution in [-0.4, -0.2) is 39.8 Å². The number of hydrogen-bond acceptors (Lipinski definition) is 4. The van der Waals surface area contributed by atoms with Gasteiger partial charge in [0.15, 0.2) is 6.10 Å². The minimum atomic E-state index is -0.525. The van der Waals surface area contributed by atoms with E-state index >= 15 is 0 Å². The van der Waals surface area contributed by atoms with Crippen molar-refractivity contribution in [3.05, 3.63) is 58.0 Å². The number of rotatable bonds is 5. The van der Waals surface area contributed by atoms with E-state index in [0.29, 0.717) is 25.4 Å². The van der Waals surface area contributed by atoms with Crippen molar-refractivity contribution in [2.45, 2.75) is 33.4 Å². The van der Waals surface area contributed by atoms with E-state index in [1.54, 1.807) is 17.9 Å². The van der Waals surface area contributed by atoms with Crippen LogP contribution in [0.25, 0.3) is 0 Å². The fourth-order valence-electron chi connectivity index (χ4n) is 2.99. The molecule has 1 aromatic heterocycles. The molecule has 1 atom stereocenters. The SMILES string of the molecule is Cc1cccc(OC(C)C(=O)N2CC(Cn3nc(C)ccc3=O)C2)c1. The second-order valence-corrected chi connectivity index (χ2v) is 6.68. The fourth-order valence-corrected chi connectivity index (χ4v) is 2.99. The van der Waals surface area contributed by atoms with Crippen LogP contribution in [-0.2, 0) is 11.3 Å². The minimum Gasteiger partial charge on any atom is -0.481 e. The third-order valence-corrected chi connectivity index (χ3v) is 4.35. The van der Waals surface area contributed by atoms with Gasteiger partial charge in [0, 0.05) is 25.1 Å². The first-order chi connectivity index (χ1) is 11.9. The standard InChI is InChI=1S/C19H23N3O3/c1-13-5-4-6-17(9-13)25-15(3)19(24)21-10-16(11-21)12-22-18(23)8-7-14(2)20-22/h4-9,15-16H,10-12H2,1-3H3. The Kier molecular flexibility index (Phi) is 4.88. The molecule has 0 aliphatic carbocycles. The van der Waals surface area contributed by atoms with Gasteiger partial charge in [-0.25, -0.2) is 4.68 Å². The molecule has 1 aromatic carbocycles. The lowest BCUT2D eigenvalue weighted by atomic mass is 9.99. The summed E-state index contributed by atoms with van der Waals surface area (Å²) in [5.74, 6) is 0.929. The van der Waals surface area contributed by atoms with E-state index < -0.39 is 6.10 Å². The molecule has 1 fully saturated rings. The van der Waals surface area contributed by atoms with Gasteiger partial charge >= 0.3 is 0 Å². The van der Waals surface area contributed by atoms with Gasteiger partial charge in [0.1, 0.15) is 5.75 Å². The summed E-state index contributed by atoms with van der Waals surface area (Å²) < 4.78 is 7.22. The molecule has 6 heteroatoms. The van der Waals surface area contributed by atoms with Crippen LogP contribution in [0.2, 0.25) is 0 Å². The second kappa shape index (κ2) is 7.09. The molecule has 0 N–H and O–H groups in total. The molecule has 2 aromatic rings. The molecule has 0 radical (unpaired) electrons. The topological polar surface area (TPSA) is 64.4 Å². The Morgan fingerprint density at radius 3 is 2.76 bits per heavy atom. The van der Waals surface area contributed by atoms with Gasteiger partial charge in [0.2, 0.25) is 0 Å². The van der Waals surface area contributed by atoms with E-state index in [2.05, 4.69) is 5.10 Å². The average molecular weight is 341 g/mol. The zero-order chi connectivity index (χ0) is 18.0. The summed E-state index contributed by atoms with van der Waals surface area (Å²) in [6.07, 6.45) is -0.525. The van der Waals surface area contributed by atoms with Crippen LogP contribution < -0.4 is 10.3 Å². The number of benzene rings is 1. The summed E-state index contributed by atoms with van der Waals surface area (Å²) in [6, 6.07) is 10.9. The van der Waals surface area contributed by atoms with Crippen LogP contribution in [0, 0.1) is 19.8 Å². The molecule has 1 aliphatic heterocycles. The van der Waals surface area contributed by atoms with E-state index in [-0.39, 0.29) is 17.4 Å². The lowest BCUT2D eigenvalue weighted by Crippen LogP contribution is -2.55. The largest absolute Gasteiger partial charge is 0.481 e. The Morgan fingerprint density at radius 1 is 1.28 bits per heavy atom. The number of ether oxygens (including phenoxy) is 1. The Hall–Kier alpha value is -2.63. The Bertz CT molecular complexity index is 825. The predicted molar refractivity (Wildman–Crippen MR) is 94.6 cm³/mol. The first kappa shape index (κ1) is 17.2. The van der Waals surface area contributed by atoms with Crippen molar-refractivity contribution in [3.8, 4) is 5.75 Å². The number of aryl methyl sites for hydroxylation is 2. The van der Waals surface area contributed by atoms with E-state index in [0.717, 1.165) is 11.3 Å². The number of aromatic nitrogens is 2. The third kappa shape index (κ3) is 4.07. The molecule has 0 saturated carbocycles. The first-order valence-corrected chi connectivity index (χ1v) is 8.49. The summed E-state index contributed by atoms with van der Waals surface area (Å²) in [5, 5.41) is 4.24.